The van der Waals surface area contributed by atoms with Gasteiger partial charge in [0.2, 0.25) is 5.91 Å². The van der Waals surface area contributed by atoms with Gasteiger partial charge in [0.25, 0.3) is 0 Å². The molecule has 0 aromatic heterocycles. The van der Waals surface area contributed by atoms with Crippen LogP contribution < -0.4 is 5.32 Å². The average molecular weight is 274 g/mol. The molecule has 20 heavy (non-hydrogen) atoms. The fourth-order valence-electron chi connectivity index (χ4n) is 2.85. The van der Waals surface area contributed by atoms with Gasteiger partial charge in [-0.1, -0.05) is 31.2 Å². The zero-order valence-corrected chi connectivity index (χ0v) is 12.9. The van der Waals surface area contributed by atoms with Crippen molar-refractivity contribution < 1.29 is 4.79 Å². The Bertz CT molecular complexity index is 441. The molecule has 1 N–H and O–H groups in total. The van der Waals surface area contributed by atoms with Crippen LogP contribution in [0.4, 0.5) is 0 Å². The van der Waals surface area contributed by atoms with Crippen molar-refractivity contribution >= 4 is 5.91 Å². The lowest BCUT2D eigenvalue weighted by molar-refractivity contribution is -0.127. The molecule has 2 atom stereocenters. The van der Waals surface area contributed by atoms with E-state index < -0.39 is 0 Å². The first-order chi connectivity index (χ1) is 9.60. The summed E-state index contributed by atoms with van der Waals surface area (Å²) in [6.45, 7) is 8.25. The largest absolute Gasteiger partial charge is 0.341 e. The van der Waals surface area contributed by atoms with E-state index in [0.717, 1.165) is 32.4 Å². The zero-order chi connectivity index (χ0) is 14.5. The Hall–Kier alpha value is -1.35. The number of rotatable bonds is 6. The number of hydrogen-bond donors (Lipinski definition) is 1. The highest BCUT2D eigenvalue weighted by Gasteiger charge is 2.22. The minimum absolute atomic E-state index is 0.304. The van der Waals surface area contributed by atoms with E-state index in [2.05, 4.69) is 50.4 Å². The molecule has 1 fully saturated rings. The van der Waals surface area contributed by atoms with E-state index in [1.165, 1.54) is 11.1 Å². The summed E-state index contributed by atoms with van der Waals surface area (Å²) < 4.78 is 0. The quantitative estimate of drug-likeness (QED) is 0.865. The number of nitrogens with one attached hydrogen (secondary N) is 1. The van der Waals surface area contributed by atoms with Gasteiger partial charge in [0, 0.05) is 31.6 Å². The van der Waals surface area contributed by atoms with E-state index in [4.69, 9.17) is 0 Å². The molecule has 0 saturated carbocycles. The first-order valence-electron chi connectivity index (χ1n) is 7.72. The lowest BCUT2D eigenvalue weighted by Gasteiger charge is -2.25. The van der Waals surface area contributed by atoms with E-state index in [1.54, 1.807) is 0 Å². The number of aryl methyl sites for hydroxylation is 1. The normalized spacial score (nSPS) is 18.4. The molecule has 0 aliphatic carbocycles. The zero-order valence-electron chi connectivity index (χ0n) is 12.9. The van der Waals surface area contributed by atoms with Gasteiger partial charge in [0.1, 0.15) is 0 Å². The third-order valence-corrected chi connectivity index (χ3v) is 4.09. The van der Waals surface area contributed by atoms with Crippen molar-refractivity contribution in [2.75, 3.05) is 13.1 Å². The van der Waals surface area contributed by atoms with Gasteiger partial charge < -0.3 is 10.2 Å². The van der Waals surface area contributed by atoms with Crippen LogP contribution in [0.25, 0.3) is 0 Å². The van der Waals surface area contributed by atoms with Crippen molar-refractivity contribution in [3.8, 4) is 0 Å². The van der Waals surface area contributed by atoms with Crippen LogP contribution in [0.1, 0.15) is 50.8 Å². The molecule has 0 radical (unpaired) electrons. The fraction of sp³-hybridized carbons (Fsp3) is 0.588. The van der Waals surface area contributed by atoms with Crippen LogP contribution in [0.2, 0.25) is 0 Å². The molecule has 1 amide bonds. The number of amides is 1. The second kappa shape index (κ2) is 6.89. The standard InChI is InChI=1S/C17H26N2O/c1-4-15-7-9-16(10-8-15)14(3)18-13(2)12-19-11-5-6-17(19)20/h7-10,13-14,18H,4-6,11-12H2,1-3H3. The van der Waals surface area contributed by atoms with E-state index in [1.807, 2.05) is 4.90 Å². The summed E-state index contributed by atoms with van der Waals surface area (Å²) in [5.74, 6) is 0.304. The summed E-state index contributed by atoms with van der Waals surface area (Å²) >= 11 is 0. The van der Waals surface area contributed by atoms with Crippen molar-refractivity contribution in [2.24, 2.45) is 0 Å². The molecule has 1 saturated heterocycles. The van der Waals surface area contributed by atoms with Gasteiger partial charge in [-0.25, -0.2) is 0 Å². The van der Waals surface area contributed by atoms with Gasteiger partial charge in [0.15, 0.2) is 0 Å². The highest BCUT2D eigenvalue weighted by Crippen LogP contribution is 2.16. The second-order valence-electron chi connectivity index (χ2n) is 5.83. The van der Waals surface area contributed by atoms with E-state index in [-0.39, 0.29) is 0 Å². The minimum atomic E-state index is 0.304. The summed E-state index contributed by atoms with van der Waals surface area (Å²) in [5.41, 5.74) is 2.68. The number of benzene rings is 1. The Morgan fingerprint density at radius 3 is 2.50 bits per heavy atom. The molecule has 1 aromatic rings. The molecule has 1 aliphatic heterocycles. The number of carbonyl (C=O) groups is 1. The molecular weight excluding hydrogens is 248 g/mol. The van der Waals surface area contributed by atoms with E-state index in [0.29, 0.717) is 18.0 Å². The van der Waals surface area contributed by atoms with Crippen molar-refractivity contribution in [3.63, 3.8) is 0 Å². The van der Waals surface area contributed by atoms with Crippen LogP contribution in [-0.4, -0.2) is 29.9 Å². The van der Waals surface area contributed by atoms with Gasteiger partial charge in [-0.2, -0.15) is 0 Å². The van der Waals surface area contributed by atoms with Crippen LogP contribution >= 0.6 is 0 Å². The molecular formula is C17H26N2O. The molecule has 110 valence electrons. The Labute approximate surface area is 122 Å². The van der Waals surface area contributed by atoms with Gasteiger partial charge >= 0.3 is 0 Å². The Morgan fingerprint density at radius 2 is 1.95 bits per heavy atom. The molecule has 2 rings (SSSR count). The highest BCUT2D eigenvalue weighted by atomic mass is 16.2. The van der Waals surface area contributed by atoms with E-state index >= 15 is 0 Å². The minimum Gasteiger partial charge on any atom is -0.341 e. The topological polar surface area (TPSA) is 32.3 Å². The molecule has 0 spiro atoms. The third kappa shape index (κ3) is 3.83. The van der Waals surface area contributed by atoms with Gasteiger partial charge in [-0.15, -0.1) is 0 Å². The lowest BCUT2D eigenvalue weighted by atomic mass is 10.0. The van der Waals surface area contributed by atoms with E-state index in [9.17, 15) is 4.79 Å². The maximum Gasteiger partial charge on any atom is 0.222 e. The van der Waals surface area contributed by atoms with Crippen LogP contribution in [0.3, 0.4) is 0 Å². The smallest absolute Gasteiger partial charge is 0.222 e. The maximum atomic E-state index is 11.6. The monoisotopic (exact) mass is 274 g/mol. The third-order valence-electron chi connectivity index (χ3n) is 4.09. The fourth-order valence-corrected chi connectivity index (χ4v) is 2.85. The number of hydrogen-bond acceptors (Lipinski definition) is 2. The highest BCUT2D eigenvalue weighted by molar-refractivity contribution is 5.78. The molecule has 1 heterocycles. The molecule has 1 aromatic carbocycles. The van der Waals surface area contributed by atoms with Crippen molar-refractivity contribution in [3.05, 3.63) is 35.4 Å². The van der Waals surface area contributed by atoms with Crippen LogP contribution in [-0.2, 0) is 11.2 Å². The van der Waals surface area contributed by atoms with Crippen LogP contribution in [0, 0.1) is 0 Å². The molecule has 3 heteroatoms. The SMILES string of the molecule is CCc1ccc(C(C)NC(C)CN2CCCC2=O)cc1. The Kier molecular flexibility index (Phi) is 5.18. The number of likely N-dealkylation sites (tertiary alicyclic amines) is 1. The van der Waals surface area contributed by atoms with Gasteiger partial charge in [-0.3, -0.25) is 4.79 Å². The maximum absolute atomic E-state index is 11.6. The summed E-state index contributed by atoms with van der Waals surface area (Å²) in [5, 5.41) is 3.59. The molecule has 1 aliphatic rings. The lowest BCUT2D eigenvalue weighted by Crippen LogP contribution is -2.40. The summed E-state index contributed by atoms with van der Waals surface area (Å²) in [7, 11) is 0. The molecule has 0 bridgehead atoms. The Morgan fingerprint density at radius 1 is 1.25 bits per heavy atom. The summed E-state index contributed by atoms with van der Waals surface area (Å²) in [4.78, 5) is 13.6. The average Bonchev–Trinajstić information content (AvgIpc) is 2.84. The van der Waals surface area contributed by atoms with Crippen molar-refractivity contribution in [1.82, 2.24) is 10.2 Å². The molecule has 3 nitrogen and oxygen atoms in total. The van der Waals surface area contributed by atoms with Crippen molar-refractivity contribution in [1.29, 1.82) is 0 Å². The van der Waals surface area contributed by atoms with Gasteiger partial charge in [-0.05, 0) is 37.8 Å². The summed E-state index contributed by atoms with van der Waals surface area (Å²) in [6.07, 6.45) is 2.82. The predicted octanol–water partition coefficient (Wildman–Crippen LogP) is 2.91. The predicted molar refractivity (Wildman–Crippen MR) is 82.6 cm³/mol. The molecule has 2 unspecified atom stereocenters. The van der Waals surface area contributed by atoms with Crippen LogP contribution in [0.15, 0.2) is 24.3 Å². The summed E-state index contributed by atoms with van der Waals surface area (Å²) in [6, 6.07) is 9.42. The second-order valence-corrected chi connectivity index (χ2v) is 5.83. The number of carbonyl (C=O) groups excluding carboxylic acids is 1. The van der Waals surface area contributed by atoms with Crippen LogP contribution in [0.5, 0.6) is 0 Å². The number of nitrogens with zero attached hydrogens (tertiary/aromatic N) is 1. The van der Waals surface area contributed by atoms with Gasteiger partial charge in [0.05, 0.1) is 0 Å². The first-order valence-corrected chi connectivity index (χ1v) is 7.72. The van der Waals surface area contributed by atoms with Crippen molar-refractivity contribution in [2.45, 2.75) is 52.1 Å². The first kappa shape index (κ1) is 15.0. The Balaban J connectivity index is 1.86.